The summed E-state index contributed by atoms with van der Waals surface area (Å²) in [6.07, 6.45) is 0.441. The van der Waals surface area contributed by atoms with Crippen LogP contribution in [-0.2, 0) is 4.79 Å². The van der Waals surface area contributed by atoms with Gasteiger partial charge in [0.15, 0.2) is 0 Å². The van der Waals surface area contributed by atoms with Crippen molar-refractivity contribution in [1.82, 2.24) is 0 Å². The predicted octanol–water partition coefficient (Wildman–Crippen LogP) is 2.93. The van der Waals surface area contributed by atoms with E-state index >= 15 is 0 Å². The van der Waals surface area contributed by atoms with E-state index in [9.17, 15) is 4.79 Å². The summed E-state index contributed by atoms with van der Waals surface area (Å²) in [7, 11) is 0. The molecule has 100 valence electrons. The second-order valence-corrected chi connectivity index (χ2v) is 5.87. The van der Waals surface area contributed by atoms with Crippen LogP contribution in [0.15, 0.2) is 12.1 Å². The maximum Gasteiger partial charge on any atom is 0.224 e. The van der Waals surface area contributed by atoms with Crippen LogP contribution >= 0.6 is 0 Å². The minimum absolute atomic E-state index is 0.0282. The molecule has 0 bridgehead atoms. The molecule has 1 amide bonds. The summed E-state index contributed by atoms with van der Waals surface area (Å²) in [5.41, 5.74) is 9.84. The highest BCUT2D eigenvalue weighted by Gasteiger charge is 2.20. The van der Waals surface area contributed by atoms with E-state index in [1.807, 2.05) is 27.7 Å². The molecular formula is C15H24N2O. The van der Waals surface area contributed by atoms with E-state index in [1.54, 1.807) is 0 Å². The van der Waals surface area contributed by atoms with Crippen LogP contribution < -0.4 is 11.1 Å². The zero-order valence-electron chi connectivity index (χ0n) is 12.1. The first-order valence-corrected chi connectivity index (χ1v) is 6.33. The van der Waals surface area contributed by atoms with Gasteiger partial charge in [-0.1, -0.05) is 31.5 Å². The number of nitrogens with two attached hydrogens (primary N) is 1. The molecule has 0 aliphatic carbocycles. The van der Waals surface area contributed by atoms with E-state index in [1.165, 1.54) is 5.56 Å². The molecule has 0 spiro atoms. The average molecular weight is 248 g/mol. The maximum absolute atomic E-state index is 12.0. The molecule has 0 aliphatic rings. The van der Waals surface area contributed by atoms with Crippen molar-refractivity contribution >= 4 is 11.6 Å². The number of amides is 1. The van der Waals surface area contributed by atoms with Crippen molar-refractivity contribution in [3.63, 3.8) is 0 Å². The third kappa shape index (κ3) is 3.84. The topological polar surface area (TPSA) is 55.1 Å². The molecule has 3 heteroatoms. The van der Waals surface area contributed by atoms with Crippen LogP contribution in [-0.4, -0.2) is 12.5 Å². The zero-order valence-corrected chi connectivity index (χ0v) is 12.1. The number of hydrogen-bond donors (Lipinski definition) is 2. The molecule has 18 heavy (non-hydrogen) atoms. The highest BCUT2D eigenvalue weighted by Crippen LogP contribution is 2.24. The standard InChI is InChI=1S/C15H24N2O/c1-10-6-11(2)14(12(3)7-10)17-13(18)8-15(4,5)9-16/h6-7H,8-9,16H2,1-5H3,(H,17,18). The monoisotopic (exact) mass is 248 g/mol. The normalized spacial score (nSPS) is 11.4. The van der Waals surface area contributed by atoms with Gasteiger partial charge in [0.05, 0.1) is 0 Å². The second-order valence-electron chi connectivity index (χ2n) is 5.87. The van der Waals surface area contributed by atoms with Crippen molar-refractivity contribution in [2.24, 2.45) is 11.1 Å². The number of carbonyl (C=O) groups is 1. The van der Waals surface area contributed by atoms with Crippen LogP contribution in [0.2, 0.25) is 0 Å². The number of benzene rings is 1. The Kier molecular flexibility index (Phi) is 4.52. The molecule has 1 aromatic carbocycles. The largest absolute Gasteiger partial charge is 0.330 e. The summed E-state index contributed by atoms with van der Waals surface area (Å²) < 4.78 is 0. The van der Waals surface area contributed by atoms with Crippen molar-refractivity contribution in [3.05, 3.63) is 28.8 Å². The predicted molar refractivity (Wildman–Crippen MR) is 76.7 cm³/mol. The van der Waals surface area contributed by atoms with Crippen LogP contribution in [0.5, 0.6) is 0 Å². The lowest BCUT2D eigenvalue weighted by Gasteiger charge is -2.22. The van der Waals surface area contributed by atoms with E-state index < -0.39 is 0 Å². The van der Waals surface area contributed by atoms with Crippen LogP contribution in [0.25, 0.3) is 0 Å². The fourth-order valence-electron chi connectivity index (χ4n) is 2.07. The molecule has 3 N–H and O–H groups in total. The Morgan fingerprint density at radius 3 is 2.17 bits per heavy atom. The Hall–Kier alpha value is -1.35. The molecule has 0 saturated heterocycles. The highest BCUT2D eigenvalue weighted by atomic mass is 16.1. The van der Waals surface area contributed by atoms with Crippen molar-refractivity contribution in [2.75, 3.05) is 11.9 Å². The Labute approximate surface area is 110 Å². The van der Waals surface area contributed by atoms with Crippen molar-refractivity contribution in [1.29, 1.82) is 0 Å². The minimum atomic E-state index is -0.156. The van der Waals surface area contributed by atoms with Gasteiger partial charge in [0.25, 0.3) is 0 Å². The van der Waals surface area contributed by atoms with Crippen molar-refractivity contribution < 1.29 is 4.79 Å². The lowest BCUT2D eigenvalue weighted by Crippen LogP contribution is -2.29. The van der Waals surface area contributed by atoms with Crippen LogP contribution in [0.1, 0.15) is 37.0 Å². The first-order valence-electron chi connectivity index (χ1n) is 6.33. The van der Waals surface area contributed by atoms with E-state index in [-0.39, 0.29) is 11.3 Å². The molecule has 0 unspecified atom stereocenters. The fourth-order valence-corrected chi connectivity index (χ4v) is 2.07. The third-order valence-corrected chi connectivity index (χ3v) is 3.13. The Balaban J connectivity index is 2.83. The molecular weight excluding hydrogens is 224 g/mol. The molecule has 0 radical (unpaired) electrons. The summed E-state index contributed by atoms with van der Waals surface area (Å²) in [5, 5.41) is 3.00. The number of rotatable bonds is 4. The summed E-state index contributed by atoms with van der Waals surface area (Å²) in [6.45, 7) is 10.6. The van der Waals surface area contributed by atoms with Gasteiger partial charge in [-0.3, -0.25) is 4.79 Å². The van der Waals surface area contributed by atoms with Crippen LogP contribution in [0.3, 0.4) is 0 Å². The summed E-state index contributed by atoms with van der Waals surface area (Å²) in [4.78, 5) is 12.0. The number of carbonyl (C=O) groups excluding carboxylic acids is 1. The van der Waals surface area contributed by atoms with E-state index in [4.69, 9.17) is 5.73 Å². The molecule has 0 aromatic heterocycles. The first kappa shape index (κ1) is 14.7. The van der Waals surface area contributed by atoms with Gasteiger partial charge in [0.1, 0.15) is 0 Å². The third-order valence-electron chi connectivity index (χ3n) is 3.13. The van der Waals surface area contributed by atoms with Gasteiger partial charge in [-0.2, -0.15) is 0 Å². The average Bonchev–Trinajstić information content (AvgIpc) is 2.22. The van der Waals surface area contributed by atoms with Gasteiger partial charge in [-0.15, -0.1) is 0 Å². The zero-order chi connectivity index (χ0) is 13.9. The van der Waals surface area contributed by atoms with Crippen molar-refractivity contribution in [3.8, 4) is 0 Å². The molecule has 0 saturated carbocycles. The van der Waals surface area contributed by atoms with E-state index in [0.29, 0.717) is 13.0 Å². The van der Waals surface area contributed by atoms with E-state index in [0.717, 1.165) is 16.8 Å². The first-order chi connectivity index (χ1) is 8.25. The molecule has 0 heterocycles. The molecule has 1 rings (SSSR count). The SMILES string of the molecule is Cc1cc(C)c(NC(=O)CC(C)(C)CN)c(C)c1. The van der Waals surface area contributed by atoms with Crippen molar-refractivity contribution in [2.45, 2.75) is 41.0 Å². The lowest BCUT2D eigenvalue weighted by molar-refractivity contribution is -0.117. The van der Waals surface area contributed by atoms with Gasteiger partial charge < -0.3 is 11.1 Å². The molecule has 0 aliphatic heterocycles. The Morgan fingerprint density at radius 1 is 1.22 bits per heavy atom. The lowest BCUT2D eigenvalue weighted by atomic mass is 9.89. The Morgan fingerprint density at radius 2 is 1.72 bits per heavy atom. The second kappa shape index (κ2) is 5.53. The minimum Gasteiger partial charge on any atom is -0.330 e. The van der Waals surface area contributed by atoms with E-state index in [2.05, 4.69) is 24.4 Å². The van der Waals surface area contributed by atoms with Gasteiger partial charge in [-0.25, -0.2) is 0 Å². The summed E-state index contributed by atoms with van der Waals surface area (Å²) in [6, 6.07) is 4.16. The number of nitrogens with one attached hydrogen (secondary N) is 1. The molecule has 0 atom stereocenters. The smallest absolute Gasteiger partial charge is 0.224 e. The van der Waals surface area contributed by atoms with Gasteiger partial charge in [0.2, 0.25) is 5.91 Å². The summed E-state index contributed by atoms with van der Waals surface area (Å²) in [5.74, 6) is 0.0282. The van der Waals surface area contributed by atoms with Gasteiger partial charge >= 0.3 is 0 Å². The van der Waals surface area contributed by atoms with Gasteiger partial charge in [-0.05, 0) is 43.9 Å². The Bertz CT molecular complexity index is 427. The summed E-state index contributed by atoms with van der Waals surface area (Å²) >= 11 is 0. The molecule has 1 aromatic rings. The number of anilines is 1. The molecule has 3 nitrogen and oxygen atoms in total. The van der Waals surface area contributed by atoms with Gasteiger partial charge in [0, 0.05) is 12.1 Å². The number of hydrogen-bond acceptors (Lipinski definition) is 2. The maximum atomic E-state index is 12.0. The highest BCUT2D eigenvalue weighted by molar-refractivity contribution is 5.92. The fraction of sp³-hybridized carbons (Fsp3) is 0.533. The number of aryl methyl sites for hydroxylation is 3. The van der Waals surface area contributed by atoms with Crippen LogP contribution in [0, 0.1) is 26.2 Å². The van der Waals surface area contributed by atoms with Crippen LogP contribution in [0.4, 0.5) is 5.69 Å². The molecule has 0 fully saturated rings. The quantitative estimate of drug-likeness (QED) is 0.860.